The summed E-state index contributed by atoms with van der Waals surface area (Å²) < 4.78 is 5.85. The maximum atomic E-state index is 12.0. The van der Waals surface area contributed by atoms with E-state index >= 15 is 0 Å². The number of guanidine groups is 1. The van der Waals surface area contributed by atoms with Crippen LogP contribution in [0.3, 0.4) is 0 Å². The Labute approximate surface area is 140 Å². The maximum Gasteiger partial charge on any atom is 0.244 e. The van der Waals surface area contributed by atoms with Gasteiger partial charge < -0.3 is 20.3 Å². The second-order valence-corrected chi connectivity index (χ2v) is 6.34. The van der Waals surface area contributed by atoms with Crippen molar-refractivity contribution in [3.8, 4) is 0 Å². The second-order valence-electron chi connectivity index (χ2n) is 6.34. The minimum atomic E-state index is 0.129. The third kappa shape index (κ3) is 6.77. The second kappa shape index (κ2) is 10.5. The van der Waals surface area contributed by atoms with E-state index in [-0.39, 0.29) is 12.5 Å². The number of carbonyl (C=O) groups is 1. The Bertz CT molecular complexity index is 375. The lowest BCUT2D eigenvalue weighted by Crippen LogP contribution is -2.39. The Balaban J connectivity index is 1.61. The molecule has 132 valence electrons. The fraction of sp³-hybridized carbons (Fsp3) is 0.882. The Morgan fingerprint density at radius 3 is 2.61 bits per heavy atom. The number of likely N-dealkylation sites (tertiary alicyclic amines) is 1. The highest BCUT2D eigenvalue weighted by Crippen LogP contribution is 2.20. The van der Waals surface area contributed by atoms with Crippen LogP contribution in [0.4, 0.5) is 0 Å². The molecule has 0 aromatic carbocycles. The fourth-order valence-corrected chi connectivity index (χ4v) is 3.14. The molecule has 0 unspecified atom stereocenters. The molecule has 0 spiro atoms. The maximum absolute atomic E-state index is 12.0. The summed E-state index contributed by atoms with van der Waals surface area (Å²) in [6, 6.07) is 0. The lowest BCUT2D eigenvalue weighted by molar-refractivity contribution is -0.128. The summed E-state index contributed by atoms with van der Waals surface area (Å²) in [4.78, 5) is 18.3. The minimum absolute atomic E-state index is 0.129. The summed E-state index contributed by atoms with van der Waals surface area (Å²) in [5, 5.41) is 6.47. The predicted octanol–water partition coefficient (Wildman–Crippen LogP) is 1.51. The minimum Gasteiger partial charge on any atom is -0.378 e. The molecule has 6 nitrogen and oxygen atoms in total. The third-order valence-corrected chi connectivity index (χ3v) is 4.44. The summed E-state index contributed by atoms with van der Waals surface area (Å²) in [6.45, 7) is 6.44. The van der Waals surface area contributed by atoms with Gasteiger partial charge in [-0.25, -0.2) is 4.99 Å². The quantitative estimate of drug-likeness (QED) is 0.403. The summed E-state index contributed by atoms with van der Waals surface area (Å²) in [6.07, 6.45) is 8.74. The molecule has 23 heavy (non-hydrogen) atoms. The van der Waals surface area contributed by atoms with Gasteiger partial charge in [0.05, 0.1) is 6.10 Å². The smallest absolute Gasteiger partial charge is 0.244 e. The number of aliphatic imine (C=N–C) groups is 1. The molecule has 2 fully saturated rings. The molecule has 6 heteroatoms. The summed E-state index contributed by atoms with van der Waals surface area (Å²) in [5.74, 6) is 0.852. The number of ether oxygens (including phenoxy) is 1. The van der Waals surface area contributed by atoms with Crippen LogP contribution in [0.1, 0.15) is 51.9 Å². The van der Waals surface area contributed by atoms with Crippen molar-refractivity contribution in [1.82, 2.24) is 15.5 Å². The summed E-state index contributed by atoms with van der Waals surface area (Å²) in [7, 11) is 0. The van der Waals surface area contributed by atoms with E-state index in [0.29, 0.717) is 6.10 Å². The van der Waals surface area contributed by atoms with Crippen molar-refractivity contribution in [1.29, 1.82) is 0 Å². The third-order valence-electron chi connectivity index (χ3n) is 4.44. The molecule has 2 rings (SSSR count). The monoisotopic (exact) mass is 324 g/mol. The normalized spacial score (nSPS) is 19.3. The van der Waals surface area contributed by atoms with Gasteiger partial charge in [-0.3, -0.25) is 4.79 Å². The van der Waals surface area contributed by atoms with E-state index in [1.807, 2.05) is 11.8 Å². The highest BCUT2D eigenvalue weighted by atomic mass is 16.5. The molecule has 1 aliphatic carbocycles. The van der Waals surface area contributed by atoms with Crippen molar-refractivity contribution in [2.75, 3.05) is 39.3 Å². The van der Waals surface area contributed by atoms with Crippen LogP contribution in [-0.4, -0.2) is 62.2 Å². The standard InChI is InChI=1S/C17H32N4O2/c1-2-18-17(20-14-16(22)21-11-5-6-12-21)19-10-7-13-23-15-8-3-4-9-15/h15H,2-14H2,1H3,(H2,18,19,20). The van der Waals surface area contributed by atoms with Crippen molar-refractivity contribution in [2.45, 2.75) is 58.0 Å². The largest absolute Gasteiger partial charge is 0.378 e. The van der Waals surface area contributed by atoms with Gasteiger partial charge >= 0.3 is 0 Å². The average Bonchev–Trinajstić information content (AvgIpc) is 3.25. The van der Waals surface area contributed by atoms with Crippen molar-refractivity contribution in [3.05, 3.63) is 0 Å². The van der Waals surface area contributed by atoms with Crippen molar-refractivity contribution >= 4 is 11.9 Å². The van der Waals surface area contributed by atoms with Crippen LogP contribution in [0.15, 0.2) is 4.99 Å². The van der Waals surface area contributed by atoms with Crippen LogP contribution >= 0.6 is 0 Å². The van der Waals surface area contributed by atoms with Gasteiger partial charge in [-0.2, -0.15) is 0 Å². The van der Waals surface area contributed by atoms with Crippen molar-refractivity contribution in [3.63, 3.8) is 0 Å². The number of hydrogen-bond donors (Lipinski definition) is 2. The molecular formula is C17H32N4O2. The van der Waals surface area contributed by atoms with Crippen LogP contribution in [0.5, 0.6) is 0 Å². The molecule has 0 radical (unpaired) electrons. The molecule has 1 amide bonds. The topological polar surface area (TPSA) is 66.0 Å². The van der Waals surface area contributed by atoms with Crippen LogP contribution in [0, 0.1) is 0 Å². The zero-order valence-corrected chi connectivity index (χ0v) is 14.5. The first-order chi connectivity index (χ1) is 11.3. The van der Waals surface area contributed by atoms with Gasteiger partial charge in [0.1, 0.15) is 6.54 Å². The van der Waals surface area contributed by atoms with Gasteiger partial charge in [-0.05, 0) is 39.0 Å². The molecule has 1 aliphatic heterocycles. The zero-order valence-electron chi connectivity index (χ0n) is 14.5. The Hall–Kier alpha value is -1.30. The van der Waals surface area contributed by atoms with Crippen LogP contribution in [-0.2, 0) is 9.53 Å². The number of amides is 1. The van der Waals surface area contributed by atoms with Crippen LogP contribution in [0.2, 0.25) is 0 Å². The van der Waals surface area contributed by atoms with Gasteiger partial charge in [0.15, 0.2) is 5.96 Å². The number of rotatable bonds is 8. The average molecular weight is 324 g/mol. The molecule has 0 atom stereocenters. The van der Waals surface area contributed by atoms with E-state index in [4.69, 9.17) is 4.74 Å². The molecular weight excluding hydrogens is 292 g/mol. The van der Waals surface area contributed by atoms with E-state index in [2.05, 4.69) is 15.6 Å². The summed E-state index contributed by atoms with van der Waals surface area (Å²) in [5.41, 5.74) is 0. The summed E-state index contributed by atoms with van der Waals surface area (Å²) >= 11 is 0. The number of nitrogens with one attached hydrogen (secondary N) is 2. The van der Waals surface area contributed by atoms with Gasteiger partial charge in [-0.1, -0.05) is 12.8 Å². The van der Waals surface area contributed by atoms with E-state index in [1.54, 1.807) is 0 Å². The van der Waals surface area contributed by atoms with Gasteiger partial charge in [0.25, 0.3) is 0 Å². The first-order valence-corrected chi connectivity index (χ1v) is 9.21. The highest BCUT2D eigenvalue weighted by Gasteiger charge is 2.17. The first kappa shape index (κ1) is 18.0. The molecule has 2 N–H and O–H groups in total. The number of carbonyl (C=O) groups excluding carboxylic acids is 1. The molecule has 2 aliphatic rings. The fourth-order valence-electron chi connectivity index (χ4n) is 3.14. The Morgan fingerprint density at radius 2 is 1.91 bits per heavy atom. The molecule has 1 saturated carbocycles. The number of hydrogen-bond acceptors (Lipinski definition) is 3. The predicted molar refractivity (Wildman–Crippen MR) is 92.6 cm³/mol. The van der Waals surface area contributed by atoms with E-state index < -0.39 is 0 Å². The van der Waals surface area contributed by atoms with Gasteiger partial charge in [0.2, 0.25) is 5.91 Å². The number of nitrogens with zero attached hydrogens (tertiary/aromatic N) is 2. The van der Waals surface area contributed by atoms with Gasteiger partial charge in [-0.15, -0.1) is 0 Å². The lowest BCUT2D eigenvalue weighted by Gasteiger charge is -2.15. The molecule has 1 heterocycles. The Kier molecular flexibility index (Phi) is 8.21. The van der Waals surface area contributed by atoms with E-state index in [1.165, 1.54) is 25.7 Å². The molecule has 0 aromatic heterocycles. The van der Waals surface area contributed by atoms with Crippen LogP contribution in [0.25, 0.3) is 0 Å². The Morgan fingerprint density at radius 1 is 1.17 bits per heavy atom. The lowest BCUT2D eigenvalue weighted by atomic mass is 10.3. The van der Waals surface area contributed by atoms with Gasteiger partial charge in [0, 0.05) is 32.8 Å². The van der Waals surface area contributed by atoms with Crippen molar-refractivity contribution < 1.29 is 9.53 Å². The molecule has 0 aromatic rings. The van der Waals surface area contributed by atoms with E-state index in [9.17, 15) is 4.79 Å². The highest BCUT2D eigenvalue weighted by molar-refractivity contribution is 5.85. The molecule has 0 bridgehead atoms. The first-order valence-electron chi connectivity index (χ1n) is 9.21. The zero-order chi connectivity index (χ0) is 16.3. The van der Waals surface area contributed by atoms with Crippen molar-refractivity contribution in [2.24, 2.45) is 4.99 Å². The van der Waals surface area contributed by atoms with Crippen LogP contribution < -0.4 is 10.6 Å². The molecule has 1 saturated heterocycles. The SMILES string of the molecule is CCNC(=NCC(=O)N1CCCC1)NCCCOC1CCCC1. The van der Waals surface area contributed by atoms with E-state index in [0.717, 1.165) is 58.0 Å².